The van der Waals surface area contributed by atoms with Crippen LogP contribution in [0.2, 0.25) is 0 Å². The maximum Gasteiger partial charge on any atom is 1.00 e. The SMILES string of the molecule is [Li+].[c-]1nc(-c2ccccc2)co1. The Morgan fingerprint density at radius 1 is 1.17 bits per heavy atom. The van der Waals surface area contributed by atoms with Gasteiger partial charge >= 0.3 is 18.9 Å². The second-order valence-corrected chi connectivity index (χ2v) is 2.19. The van der Waals surface area contributed by atoms with Crippen molar-refractivity contribution in [3.8, 4) is 11.3 Å². The normalized spacial score (nSPS) is 9.00. The molecule has 0 bridgehead atoms. The number of rotatable bonds is 1. The molecule has 0 aliphatic heterocycles. The summed E-state index contributed by atoms with van der Waals surface area (Å²) in [4.78, 5) is 3.89. The van der Waals surface area contributed by atoms with E-state index in [0.717, 1.165) is 11.3 Å². The van der Waals surface area contributed by atoms with Crippen molar-refractivity contribution in [3.05, 3.63) is 43.0 Å². The molecule has 1 aromatic heterocycles. The van der Waals surface area contributed by atoms with Gasteiger partial charge < -0.3 is 9.40 Å². The fourth-order valence-electron chi connectivity index (χ4n) is 0.926. The van der Waals surface area contributed by atoms with Crippen molar-refractivity contribution in [1.29, 1.82) is 0 Å². The molecule has 0 N–H and O–H groups in total. The molecule has 0 unspecified atom stereocenters. The summed E-state index contributed by atoms with van der Waals surface area (Å²) in [5.41, 5.74) is 1.88. The van der Waals surface area contributed by atoms with Crippen LogP contribution in [0.4, 0.5) is 0 Å². The Labute approximate surface area is 82.8 Å². The minimum absolute atomic E-state index is 0. The van der Waals surface area contributed by atoms with Gasteiger partial charge in [-0.15, -0.1) is 0 Å². The first-order valence-electron chi connectivity index (χ1n) is 3.34. The first-order valence-corrected chi connectivity index (χ1v) is 3.34. The van der Waals surface area contributed by atoms with Crippen LogP contribution in [-0.4, -0.2) is 4.98 Å². The van der Waals surface area contributed by atoms with Gasteiger partial charge in [0.1, 0.15) is 6.39 Å². The van der Waals surface area contributed by atoms with Crippen LogP contribution in [-0.2, 0) is 0 Å². The number of benzene rings is 1. The van der Waals surface area contributed by atoms with Crippen molar-refractivity contribution in [2.24, 2.45) is 0 Å². The minimum Gasteiger partial charge on any atom is -0.581 e. The third-order valence-corrected chi connectivity index (χ3v) is 1.46. The number of hydrogen-bond donors (Lipinski definition) is 0. The Morgan fingerprint density at radius 3 is 2.50 bits per heavy atom. The van der Waals surface area contributed by atoms with Crippen LogP contribution in [0.3, 0.4) is 0 Å². The molecule has 54 valence electrons. The van der Waals surface area contributed by atoms with E-state index in [9.17, 15) is 0 Å². The predicted octanol–water partition coefficient (Wildman–Crippen LogP) is -0.854. The second kappa shape index (κ2) is 4.15. The Bertz CT molecular complexity index is 318. The number of hydrogen-bond acceptors (Lipinski definition) is 2. The van der Waals surface area contributed by atoms with Crippen LogP contribution in [0.1, 0.15) is 0 Å². The molecular formula is C9H6LiNO. The molecule has 0 atom stereocenters. The van der Waals surface area contributed by atoms with E-state index in [2.05, 4.69) is 11.4 Å². The van der Waals surface area contributed by atoms with Crippen molar-refractivity contribution >= 4 is 0 Å². The summed E-state index contributed by atoms with van der Waals surface area (Å²) in [6.45, 7) is 0. The van der Waals surface area contributed by atoms with Crippen LogP contribution >= 0.6 is 0 Å². The Balaban J connectivity index is 0.000000720. The van der Waals surface area contributed by atoms with Gasteiger partial charge in [-0.1, -0.05) is 35.9 Å². The zero-order chi connectivity index (χ0) is 7.52. The summed E-state index contributed by atoms with van der Waals surface area (Å²) in [5, 5.41) is 0. The quantitative estimate of drug-likeness (QED) is 0.392. The van der Waals surface area contributed by atoms with E-state index in [-0.39, 0.29) is 18.9 Å². The first kappa shape index (κ1) is 9.12. The van der Waals surface area contributed by atoms with E-state index in [4.69, 9.17) is 4.42 Å². The Morgan fingerprint density at radius 2 is 1.92 bits per heavy atom. The molecule has 0 saturated heterocycles. The first-order chi connectivity index (χ1) is 5.47. The summed E-state index contributed by atoms with van der Waals surface area (Å²) in [5.74, 6) is 0. The van der Waals surface area contributed by atoms with Gasteiger partial charge in [-0.2, -0.15) is 0 Å². The van der Waals surface area contributed by atoms with E-state index in [1.807, 2.05) is 30.3 Å². The van der Waals surface area contributed by atoms with E-state index >= 15 is 0 Å². The predicted molar refractivity (Wildman–Crippen MR) is 40.8 cm³/mol. The summed E-state index contributed by atoms with van der Waals surface area (Å²) >= 11 is 0. The molecule has 0 spiro atoms. The average Bonchev–Trinajstić information content (AvgIpc) is 2.58. The van der Waals surface area contributed by atoms with E-state index in [1.54, 1.807) is 6.26 Å². The molecule has 3 heteroatoms. The third-order valence-electron chi connectivity index (χ3n) is 1.46. The van der Waals surface area contributed by atoms with Crippen molar-refractivity contribution in [2.45, 2.75) is 0 Å². The molecule has 2 rings (SSSR count). The fourth-order valence-corrected chi connectivity index (χ4v) is 0.926. The molecule has 0 aliphatic carbocycles. The van der Waals surface area contributed by atoms with Crippen molar-refractivity contribution < 1.29 is 23.3 Å². The van der Waals surface area contributed by atoms with Gasteiger partial charge in [0.25, 0.3) is 0 Å². The molecule has 0 fully saturated rings. The molecule has 0 amide bonds. The van der Waals surface area contributed by atoms with Gasteiger partial charge in [0.2, 0.25) is 0 Å². The average molecular weight is 151 g/mol. The van der Waals surface area contributed by atoms with E-state index in [0.29, 0.717) is 0 Å². The van der Waals surface area contributed by atoms with Gasteiger partial charge in [0.15, 0.2) is 0 Å². The Hall–Kier alpha value is -0.973. The van der Waals surface area contributed by atoms with Crippen molar-refractivity contribution in [3.63, 3.8) is 0 Å². The van der Waals surface area contributed by atoms with Crippen LogP contribution in [0.5, 0.6) is 0 Å². The number of nitrogens with zero attached hydrogens (tertiary/aromatic N) is 1. The molecule has 12 heavy (non-hydrogen) atoms. The zero-order valence-corrected chi connectivity index (χ0v) is 6.82. The van der Waals surface area contributed by atoms with Crippen LogP contribution in [0, 0.1) is 6.39 Å². The smallest absolute Gasteiger partial charge is 0.581 e. The second-order valence-electron chi connectivity index (χ2n) is 2.19. The van der Waals surface area contributed by atoms with Gasteiger partial charge in [-0.3, -0.25) is 0 Å². The number of oxazole rings is 1. The molecule has 1 aromatic carbocycles. The molecule has 0 radical (unpaired) electrons. The fraction of sp³-hybridized carbons (Fsp3) is 0. The van der Waals surface area contributed by atoms with E-state index in [1.165, 1.54) is 0 Å². The van der Waals surface area contributed by atoms with Gasteiger partial charge in [0, 0.05) is 0 Å². The zero-order valence-electron chi connectivity index (χ0n) is 6.82. The van der Waals surface area contributed by atoms with Gasteiger partial charge in [0.05, 0.1) is 0 Å². The maximum absolute atomic E-state index is 4.73. The van der Waals surface area contributed by atoms with Crippen molar-refractivity contribution in [2.75, 3.05) is 0 Å². The minimum atomic E-state index is 0. The molecule has 1 heterocycles. The summed E-state index contributed by atoms with van der Waals surface area (Å²) in [6, 6.07) is 9.85. The summed E-state index contributed by atoms with van der Waals surface area (Å²) < 4.78 is 4.73. The molecule has 0 aliphatic rings. The van der Waals surface area contributed by atoms with E-state index < -0.39 is 0 Å². The van der Waals surface area contributed by atoms with Crippen molar-refractivity contribution in [1.82, 2.24) is 4.98 Å². The van der Waals surface area contributed by atoms with Crippen LogP contribution < -0.4 is 18.9 Å². The van der Waals surface area contributed by atoms with Crippen LogP contribution in [0.25, 0.3) is 11.3 Å². The largest absolute Gasteiger partial charge is 1.00 e. The molecular weight excluding hydrogens is 145 g/mol. The third kappa shape index (κ3) is 1.79. The monoisotopic (exact) mass is 151 g/mol. The molecule has 2 aromatic rings. The number of aromatic nitrogens is 1. The van der Waals surface area contributed by atoms with Gasteiger partial charge in [-0.25, -0.2) is 0 Å². The topological polar surface area (TPSA) is 26.0 Å². The summed E-state index contributed by atoms with van der Waals surface area (Å²) in [7, 11) is 0. The molecule has 2 nitrogen and oxygen atoms in total. The van der Waals surface area contributed by atoms with Crippen LogP contribution in [0.15, 0.2) is 41.0 Å². The Kier molecular flexibility index (Phi) is 3.16. The molecule has 0 saturated carbocycles. The summed E-state index contributed by atoms with van der Waals surface area (Å²) in [6.07, 6.45) is 3.98. The maximum atomic E-state index is 4.73. The standard InChI is InChI=1S/C9H6NO.Li/c1-2-4-8(5-3-1)9-6-11-7-10-9;/h1-6H;/q-1;+1. The van der Waals surface area contributed by atoms with Gasteiger partial charge in [-0.05, 0) is 12.0 Å².